The number of H-pyrrole nitrogens is 1. The van der Waals surface area contributed by atoms with Crippen LogP contribution in [0, 0.1) is 5.41 Å². The highest BCUT2D eigenvalue weighted by molar-refractivity contribution is 5.95. The molecular weight excluding hydrogens is 264 g/mol. The molecule has 110 valence electrons. The van der Waals surface area contributed by atoms with Crippen LogP contribution >= 0.6 is 0 Å². The molecule has 1 fully saturated rings. The smallest absolute Gasteiger partial charge is 0.231 e. The van der Waals surface area contributed by atoms with Gasteiger partial charge in [-0.15, -0.1) is 0 Å². The number of aromatic amines is 1. The molecule has 2 heterocycles. The first kappa shape index (κ1) is 13.8. The molecule has 0 spiro atoms. The Balaban J connectivity index is 1.76. The van der Waals surface area contributed by atoms with Crippen LogP contribution in [0.4, 0.5) is 5.69 Å². The predicted molar refractivity (Wildman–Crippen MR) is 82.9 cm³/mol. The molecule has 1 amide bonds. The van der Waals surface area contributed by atoms with Crippen LogP contribution in [0.1, 0.15) is 19.8 Å². The maximum atomic E-state index is 12.5. The topological polar surface area (TPSA) is 69.8 Å². The Bertz CT molecular complexity index is 615. The molecule has 2 aromatic rings. The van der Waals surface area contributed by atoms with Gasteiger partial charge in [0, 0.05) is 24.0 Å². The summed E-state index contributed by atoms with van der Waals surface area (Å²) in [5.74, 6) is 0.0801. The average molecular weight is 284 g/mol. The van der Waals surface area contributed by atoms with Crippen molar-refractivity contribution in [3.8, 4) is 11.3 Å². The summed E-state index contributed by atoms with van der Waals surface area (Å²) in [5, 5.41) is 13.2. The van der Waals surface area contributed by atoms with Crippen molar-refractivity contribution in [1.29, 1.82) is 0 Å². The van der Waals surface area contributed by atoms with Gasteiger partial charge in [-0.05, 0) is 44.5 Å². The molecule has 1 aromatic carbocycles. The number of carbonyl (C=O) groups excluding carboxylic acids is 1. The lowest BCUT2D eigenvalue weighted by Gasteiger charge is -2.32. The summed E-state index contributed by atoms with van der Waals surface area (Å²) < 4.78 is 0. The lowest BCUT2D eigenvalue weighted by atomic mass is 9.82. The molecule has 0 saturated carbocycles. The maximum Gasteiger partial charge on any atom is 0.231 e. The van der Waals surface area contributed by atoms with E-state index in [1.807, 2.05) is 37.3 Å². The van der Waals surface area contributed by atoms with Crippen molar-refractivity contribution in [3.05, 3.63) is 36.5 Å². The Hall–Kier alpha value is -2.14. The minimum atomic E-state index is -0.331. The van der Waals surface area contributed by atoms with Crippen molar-refractivity contribution in [2.45, 2.75) is 19.8 Å². The zero-order valence-corrected chi connectivity index (χ0v) is 12.1. The van der Waals surface area contributed by atoms with Crippen LogP contribution in [0.15, 0.2) is 36.5 Å². The Morgan fingerprint density at radius 2 is 2.29 bits per heavy atom. The van der Waals surface area contributed by atoms with Gasteiger partial charge in [0.1, 0.15) is 0 Å². The fourth-order valence-electron chi connectivity index (χ4n) is 2.71. The van der Waals surface area contributed by atoms with E-state index in [1.165, 1.54) is 0 Å². The number of hydrogen-bond acceptors (Lipinski definition) is 3. The van der Waals surface area contributed by atoms with Crippen LogP contribution in [0.3, 0.4) is 0 Å². The van der Waals surface area contributed by atoms with Crippen molar-refractivity contribution in [1.82, 2.24) is 15.5 Å². The molecule has 21 heavy (non-hydrogen) atoms. The van der Waals surface area contributed by atoms with E-state index in [1.54, 1.807) is 6.20 Å². The molecule has 0 radical (unpaired) electrons. The SMILES string of the molecule is CC1(C(=O)Nc2cccc(-c3ccn[nH]3)c2)CCCNC1. The zero-order valence-electron chi connectivity index (χ0n) is 12.1. The van der Waals surface area contributed by atoms with E-state index in [0.29, 0.717) is 0 Å². The Morgan fingerprint density at radius 1 is 1.38 bits per heavy atom. The fourth-order valence-corrected chi connectivity index (χ4v) is 2.71. The summed E-state index contributed by atoms with van der Waals surface area (Å²) in [5.41, 5.74) is 2.44. The second kappa shape index (κ2) is 5.69. The first-order valence-corrected chi connectivity index (χ1v) is 7.29. The van der Waals surface area contributed by atoms with Crippen molar-refractivity contribution < 1.29 is 4.79 Å². The van der Waals surface area contributed by atoms with Gasteiger partial charge in [-0.1, -0.05) is 12.1 Å². The summed E-state index contributed by atoms with van der Waals surface area (Å²) in [7, 11) is 0. The molecule has 1 unspecified atom stereocenters. The minimum absolute atomic E-state index is 0.0801. The number of aromatic nitrogens is 2. The molecule has 1 aromatic heterocycles. The van der Waals surface area contributed by atoms with Crippen molar-refractivity contribution >= 4 is 11.6 Å². The maximum absolute atomic E-state index is 12.5. The van der Waals surface area contributed by atoms with E-state index in [9.17, 15) is 4.79 Å². The number of rotatable bonds is 3. The van der Waals surface area contributed by atoms with Gasteiger partial charge in [-0.25, -0.2) is 0 Å². The van der Waals surface area contributed by atoms with E-state index < -0.39 is 0 Å². The van der Waals surface area contributed by atoms with Crippen LogP contribution in [0.2, 0.25) is 0 Å². The molecule has 0 bridgehead atoms. The van der Waals surface area contributed by atoms with Crippen LogP contribution in [0.25, 0.3) is 11.3 Å². The number of carbonyl (C=O) groups is 1. The predicted octanol–water partition coefficient (Wildman–Crippen LogP) is 2.40. The molecule has 1 aliphatic heterocycles. The standard InChI is InChI=1S/C16H20N4O/c1-16(7-3-8-17-11-16)15(21)19-13-5-2-4-12(10-13)14-6-9-18-20-14/h2,4-6,9-10,17H,3,7-8,11H2,1H3,(H,18,20)(H,19,21). The fraction of sp³-hybridized carbons (Fsp3) is 0.375. The van der Waals surface area contributed by atoms with Crippen molar-refractivity contribution in [2.24, 2.45) is 5.41 Å². The number of anilines is 1. The van der Waals surface area contributed by atoms with Gasteiger partial charge >= 0.3 is 0 Å². The lowest BCUT2D eigenvalue weighted by Crippen LogP contribution is -2.46. The zero-order chi connectivity index (χ0) is 14.7. The lowest BCUT2D eigenvalue weighted by molar-refractivity contribution is -0.125. The normalized spacial score (nSPS) is 22.0. The van der Waals surface area contributed by atoms with Crippen LogP contribution < -0.4 is 10.6 Å². The first-order valence-electron chi connectivity index (χ1n) is 7.29. The highest BCUT2D eigenvalue weighted by Crippen LogP contribution is 2.28. The van der Waals surface area contributed by atoms with Crippen LogP contribution in [-0.4, -0.2) is 29.2 Å². The monoisotopic (exact) mass is 284 g/mol. The number of benzene rings is 1. The second-order valence-corrected chi connectivity index (χ2v) is 5.85. The summed E-state index contributed by atoms with van der Waals surface area (Å²) in [4.78, 5) is 12.5. The quantitative estimate of drug-likeness (QED) is 0.810. The molecular formula is C16H20N4O. The summed E-state index contributed by atoms with van der Waals surface area (Å²) in [6, 6.07) is 9.72. The number of amides is 1. The summed E-state index contributed by atoms with van der Waals surface area (Å²) in [6.45, 7) is 3.75. The largest absolute Gasteiger partial charge is 0.326 e. The molecule has 0 aliphatic carbocycles. The molecule has 1 aliphatic rings. The van der Waals surface area contributed by atoms with E-state index >= 15 is 0 Å². The van der Waals surface area contributed by atoms with E-state index in [4.69, 9.17) is 0 Å². The van der Waals surface area contributed by atoms with Gasteiger partial charge in [0.05, 0.1) is 11.1 Å². The Morgan fingerprint density at radius 3 is 3.00 bits per heavy atom. The van der Waals surface area contributed by atoms with Crippen LogP contribution in [-0.2, 0) is 4.79 Å². The highest BCUT2D eigenvalue weighted by atomic mass is 16.2. The van der Waals surface area contributed by atoms with Crippen molar-refractivity contribution in [2.75, 3.05) is 18.4 Å². The molecule has 5 heteroatoms. The number of piperidine rings is 1. The third-order valence-corrected chi connectivity index (χ3v) is 4.08. The number of nitrogens with zero attached hydrogens (tertiary/aromatic N) is 1. The number of nitrogens with one attached hydrogen (secondary N) is 3. The van der Waals surface area contributed by atoms with Crippen molar-refractivity contribution in [3.63, 3.8) is 0 Å². The van der Waals surface area contributed by atoms with E-state index in [2.05, 4.69) is 20.8 Å². The minimum Gasteiger partial charge on any atom is -0.326 e. The molecule has 3 N–H and O–H groups in total. The van der Waals surface area contributed by atoms with Gasteiger partial charge in [0.15, 0.2) is 0 Å². The summed E-state index contributed by atoms with van der Waals surface area (Å²) >= 11 is 0. The first-order chi connectivity index (χ1) is 10.2. The third-order valence-electron chi connectivity index (χ3n) is 4.08. The van der Waals surface area contributed by atoms with Crippen LogP contribution in [0.5, 0.6) is 0 Å². The highest BCUT2D eigenvalue weighted by Gasteiger charge is 2.34. The van der Waals surface area contributed by atoms with Gasteiger partial charge in [0.25, 0.3) is 0 Å². The molecule has 3 rings (SSSR count). The number of hydrogen-bond donors (Lipinski definition) is 3. The van der Waals surface area contributed by atoms with Gasteiger partial charge in [-0.2, -0.15) is 5.10 Å². The molecule has 5 nitrogen and oxygen atoms in total. The van der Waals surface area contributed by atoms with Gasteiger partial charge in [0.2, 0.25) is 5.91 Å². The van der Waals surface area contributed by atoms with E-state index in [-0.39, 0.29) is 11.3 Å². The molecule has 1 atom stereocenters. The second-order valence-electron chi connectivity index (χ2n) is 5.85. The average Bonchev–Trinajstić information content (AvgIpc) is 3.02. The third kappa shape index (κ3) is 2.97. The van der Waals surface area contributed by atoms with Gasteiger partial charge < -0.3 is 10.6 Å². The summed E-state index contributed by atoms with van der Waals surface area (Å²) in [6.07, 6.45) is 3.68. The van der Waals surface area contributed by atoms with Gasteiger partial charge in [-0.3, -0.25) is 9.89 Å². The Labute approximate surface area is 124 Å². The molecule has 1 saturated heterocycles. The van der Waals surface area contributed by atoms with E-state index in [0.717, 1.165) is 42.9 Å². The Kier molecular flexibility index (Phi) is 3.75.